The van der Waals surface area contributed by atoms with Crippen LogP contribution in [-0.4, -0.2) is 37.2 Å². The Labute approximate surface area is 500 Å². The van der Waals surface area contributed by atoms with E-state index in [1.807, 2.05) is 0 Å². The highest BCUT2D eigenvalue weighted by molar-refractivity contribution is 5.71. The number of ether oxygens (including phenoxy) is 3. The number of allylic oxidation sites excluding steroid dienone is 4. The lowest BCUT2D eigenvalue weighted by atomic mass is 10.0. The fraction of sp³-hybridized carbons (Fsp3) is 0.905. The van der Waals surface area contributed by atoms with Crippen LogP contribution < -0.4 is 0 Å². The van der Waals surface area contributed by atoms with Gasteiger partial charge in [-0.1, -0.05) is 366 Å². The van der Waals surface area contributed by atoms with E-state index in [1.165, 1.54) is 302 Å². The van der Waals surface area contributed by atoms with Gasteiger partial charge in [-0.05, 0) is 51.4 Å². The molecule has 0 N–H and O–H groups in total. The molecule has 1 atom stereocenters. The van der Waals surface area contributed by atoms with Gasteiger partial charge < -0.3 is 14.2 Å². The van der Waals surface area contributed by atoms with Crippen molar-refractivity contribution in [3.05, 3.63) is 24.3 Å². The molecule has 0 amide bonds. The molecule has 0 rings (SSSR count). The number of carbonyl (C=O) groups is 3. The SMILES string of the molecule is CCCCC/C=C\C/C=C\CCCCCCCCCC(=O)OC(COC(=O)CCCCCCCCCCCCC)COC(=O)CCCCCCCCCCCCCCCCCCCCCCCCCCCCCCCCCCCC. The normalized spacial score (nSPS) is 12.1. The molecule has 0 aromatic rings. The molecule has 0 saturated heterocycles. The molecule has 0 aromatic carbocycles. The highest BCUT2D eigenvalue weighted by Gasteiger charge is 2.19. The zero-order valence-electron chi connectivity index (χ0n) is 54.4. The highest BCUT2D eigenvalue weighted by atomic mass is 16.6. The Kier molecular flexibility index (Phi) is 67.6. The van der Waals surface area contributed by atoms with E-state index in [0.717, 1.165) is 70.6 Å². The van der Waals surface area contributed by atoms with Crippen molar-refractivity contribution < 1.29 is 28.6 Å². The molecule has 0 radical (unpaired) electrons. The zero-order chi connectivity index (χ0) is 57.8. The van der Waals surface area contributed by atoms with Crippen LogP contribution in [-0.2, 0) is 28.6 Å². The first-order valence-electron chi connectivity index (χ1n) is 36.3. The van der Waals surface area contributed by atoms with Gasteiger partial charge in [-0.25, -0.2) is 0 Å². The number of unbranched alkanes of at least 4 members (excludes halogenated alkanes) is 53. The summed E-state index contributed by atoms with van der Waals surface area (Å²) < 4.78 is 16.9. The summed E-state index contributed by atoms with van der Waals surface area (Å²) in [5, 5.41) is 0. The average molecular weight is 1130 g/mol. The van der Waals surface area contributed by atoms with E-state index in [2.05, 4.69) is 45.1 Å². The molecule has 0 aliphatic carbocycles. The summed E-state index contributed by atoms with van der Waals surface area (Å²) in [4.78, 5) is 38.3. The van der Waals surface area contributed by atoms with Crippen molar-refractivity contribution >= 4 is 17.9 Å². The maximum Gasteiger partial charge on any atom is 0.306 e. The second-order valence-corrected chi connectivity index (χ2v) is 24.9. The van der Waals surface area contributed by atoms with Crippen molar-refractivity contribution in [1.82, 2.24) is 0 Å². The van der Waals surface area contributed by atoms with E-state index in [-0.39, 0.29) is 31.1 Å². The van der Waals surface area contributed by atoms with Gasteiger partial charge in [0.05, 0.1) is 0 Å². The van der Waals surface area contributed by atoms with Gasteiger partial charge in [-0.15, -0.1) is 0 Å². The Morgan fingerprint density at radius 3 is 0.713 bits per heavy atom. The number of carbonyl (C=O) groups excluding carboxylic acids is 3. The Hall–Kier alpha value is -2.11. The molecule has 0 bridgehead atoms. The summed E-state index contributed by atoms with van der Waals surface area (Å²) in [6.07, 6.45) is 85.3. The van der Waals surface area contributed by atoms with Crippen molar-refractivity contribution in [3.63, 3.8) is 0 Å². The van der Waals surface area contributed by atoms with Crippen LogP contribution in [0.15, 0.2) is 24.3 Å². The van der Waals surface area contributed by atoms with Crippen LogP contribution in [0.4, 0.5) is 0 Å². The smallest absolute Gasteiger partial charge is 0.306 e. The van der Waals surface area contributed by atoms with Crippen LogP contribution in [0.5, 0.6) is 0 Å². The zero-order valence-corrected chi connectivity index (χ0v) is 54.4. The Morgan fingerprint density at radius 2 is 0.450 bits per heavy atom. The maximum absolute atomic E-state index is 12.9. The Morgan fingerprint density at radius 1 is 0.250 bits per heavy atom. The first-order chi connectivity index (χ1) is 39.5. The fourth-order valence-corrected chi connectivity index (χ4v) is 11.2. The predicted octanol–water partition coefficient (Wildman–Crippen LogP) is 25.0. The third-order valence-corrected chi connectivity index (χ3v) is 16.7. The lowest BCUT2D eigenvalue weighted by Gasteiger charge is -2.18. The maximum atomic E-state index is 12.9. The van der Waals surface area contributed by atoms with Crippen LogP contribution in [0.25, 0.3) is 0 Å². The molecule has 0 fully saturated rings. The first-order valence-corrected chi connectivity index (χ1v) is 36.3. The predicted molar refractivity (Wildman–Crippen MR) is 349 cm³/mol. The summed E-state index contributed by atoms with van der Waals surface area (Å²) in [5.41, 5.74) is 0. The molecule has 0 spiro atoms. The largest absolute Gasteiger partial charge is 0.462 e. The molecule has 0 aromatic heterocycles. The minimum atomic E-state index is -0.772. The first kappa shape index (κ1) is 77.9. The molecular formula is C74H140O6. The second kappa shape index (κ2) is 69.4. The van der Waals surface area contributed by atoms with Gasteiger partial charge in [-0.3, -0.25) is 14.4 Å². The molecule has 0 saturated carbocycles. The molecule has 6 nitrogen and oxygen atoms in total. The van der Waals surface area contributed by atoms with Crippen molar-refractivity contribution in [2.24, 2.45) is 0 Å². The van der Waals surface area contributed by atoms with Gasteiger partial charge in [-0.2, -0.15) is 0 Å². The number of hydrogen-bond donors (Lipinski definition) is 0. The highest BCUT2D eigenvalue weighted by Crippen LogP contribution is 2.19. The third kappa shape index (κ3) is 66.7. The average Bonchev–Trinajstić information content (AvgIpc) is 3.46. The van der Waals surface area contributed by atoms with Gasteiger partial charge in [0.15, 0.2) is 6.10 Å². The summed E-state index contributed by atoms with van der Waals surface area (Å²) in [7, 11) is 0. The second-order valence-electron chi connectivity index (χ2n) is 24.9. The standard InChI is InChI=1S/C74H140O6/c1-4-7-10-13-16-19-22-24-26-28-29-30-31-32-33-34-35-36-37-38-39-40-41-42-43-44-46-47-49-52-55-58-61-64-67-73(76)79-70-71(69-78-72(75)66-63-60-57-54-51-21-18-15-12-9-6-3)80-74(77)68-65-62-59-56-53-50-48-45-27-25-23-20-17-14-11-8-5-2/h17,20,25,27,71H,4-16,18-19,21-24,26,28-70H2,1-3H3/b20-17-,27-25-. The molecular weight excluding hydrogens is 985 g/mol. The molecule has 0 aliphatic heterocycles. The van der Waals surface area contributed by atoms with Gasteiger partial charge in [0.25, 0.3) is 0 Å². The Bertz CT molecular complexity index is 1290. The topological polar surface area (TPSA) is 78.9 Å². The van der Waals surface area contributed by atoms with Crippen LogP contribution in [0.3, 0.4) is 0 Å². The molecule has 80 heavy (non-hydrogen) atoms. The van der Waals surface area contributed by atoms with E-state index in [9.17, 15) is 14.4 Å². The van der Waals surface area contributed by atoms with Gasteiger partial charge in [0.1, 0.15) is 13.2 Å². The van der Waals surface area contributed by atoms with Gasteiger partial charge >= 0.3 is 17.9 Å². The third-order valence-electron chi connectivity index (χ3n) is 16.7. The lowest BCUT2D eigenvalue weighted by molar-refractivity contribution is -0.167. The number of rotatable bonds is 68. The van der Waals surface area contributed by atoms with Crippen molar-refractivity contribution in [2.75, 3.05) is 13.2 Å². The van der Waals surface area contributed by atoms with E-state index in [4.69, 9.17) is 14.2 Å². The van der Waals surface area contributed by atoms with Crippen molar-refractivity contribution in [3.8, 4) is 0 Å². The lowest BCUT2D eigenvalue weighted by Crippen LogP contribution is -2.30. The van der Waals surface area contributed by atoms with Crippen LogP contribution in [0.1, 0.15) is 412 Å². The minimum Gasteiger partial charge on any atom is -0.462 e. The molecule has 6 heteroatoms. The summed E-state index contributed by atoms with van der Waals surface area (Å²) in [6, 6.07) is 0. The summed E-state index contributed by atoms with van der Waals surface area (Å²) in [5.74, 6) is -0.849. The van der Waals surface area contributed by atoms with Crippen molar-refractivity contribution in [1.29, 1.82) is 0 Å². The quantitative estimate of drug-likeness (QED) is 0.0261. The molecule has 0 aliphatic rings. The summed E-state index contributed by atoms with van der Waals surface area (Å²) in [6.45, 7) is 6.68. The van der Waals surface area contributed by atoms with Gasteiger partial charge in [0.2, 0.25) is 0 Å². The van der Waals surface area contributed by atoms with Gasteiger partial charge in [0, 0.05) is 19.3 Å². The number of hydrogen-bond acceptors (Lipinski definition) is 6. The van der Waals surface area contributed by atoms with E-state index in [0.29, 0.717) is 19.3 Å². The Balaban J connectivity index is 4.03. The monoisotopic (exact) mass is 1130 g/mol. The van der Waals surface area contributed by atoms with Crippen LogP contribution >= 0.6 is 0 Å². The van der Waals surface area contributed by atoms with E-state index in [1.54, 1.807) is 0 Å². The van der Waals surface area contributed by atoms with E-state index < -0.39 is 6.10 Å². The molecule has 472 valence electrons. The van der Waals surface area contributed by atoms with Crippen LogP contribution in [0, 0.1) is 0 Å². The van der Waals surface area contributed by atoms with Crippen molar-refractivity contribution in [2.45, 2.75) is 419 Å². The summed E-state index contributed by atoms with van der Waals surface area (Å²) >= 11 is 0. The van der Waals surface area contributed by atoms with E-state index >= 15 is 0 Å². The molecule has 0 heterocycles. The minimum absolute atomic E-state index is 0.0685. The number of esters is 3. The molecule has 1 unspecified atom stereocenters. The fourth-order valence-electron chi connectivity index (χ4n) is 11.2. The van der Waals surface area contributed by atoms with Crippen LogP contribution in [0.2, 0.25) is 0 Å².